The van der Waals surface area contributed by atoms with E-state index in [2.05, 4.69) is 16.0 Å². The van der Waals surface area contributed by atoms with E-state index < -0.39 is 18.0 Å². The Morgan fingerprint density at radius 1 is 1.30 bits per heavy atom. The molecule has 3 rings (SSSR count). The first-order valence-corrected chi connectivity index (χ1v) is 10.00. The fourth-order valence-electron chi connectivity index (χ4n) is 3.16. The second kappa shape index (κ2) is 8.55. The Balaban J connectivity index is 1.58. The van der Waals surface area contributed by atoms with Gasteiger partial charge in [0.15, 0.2) is 0 Å². The lowest BCUT2D eigenvalue weighted by molar-refractivity contribution is -0.136. The van der Waals surface area contributed by atoms with Crippen LogP contribution in [0, 0.1) is 0 Å². The highest BCUT2D eigenvalue weighted by molar-refractivity contribution is 14.1. The van der Waals surface area contributed by atoms with Crippen LogP contribution in [0.4, 0.5) is 10.5 Å². The van der Waals surface area contributed by atoms with Gasteiger partial charge < -0.3 is 20.3 Å². The Morgan fingerprint density at radius 3 is 2.85 bits per heavy atom. The van der Waals surface area contributed by atoms with Crippen LogP contribution in [0.15, 0.2) is 18.2 Å². The second-order valence-electron chi connectivity index (χ2n) is 6.17. The quantitative estimate of drug-likeness (QED) is 0.239. The van der Waals surface area contributed by atoms with Crippen molar-refractivity contribution in [3.05, 3.63) is 29.3 Å². The number of amides is 4. The van der Waals surface area contributed by atoms with E-state index in [0.29, 0.717) is 36.2 Å². The first-order chi connectivity index (χ1) is 13.0. The minimum absolute atomic E-state index is 0.200. The van der Waals surface area contributed by atoms with Crippen LogP contribution in [-0.4, -0.2) is 52.5 Å². The van der Waals surface area contributed by atoms with Gasteiger partial charge in [0.2, 0.25) is 11.8 Å². The first kappa shape index (κ1) is 19.4. The average molecular weight is 486 g/mol. The number of rotatable bonds is 6. The number of halogens is 1. The number of hydrogen-bond donors (Lipinski definition) is 3. The number of carbonyl (C=O) groups excluding carboxylic acids is 4. The van der Waals surface area contributed by atoms with Crippen molar-refractivity contribution in [1.29, 1.82) is 0 Å². The van der Waals surface area contributed by atoms with Gasteiger partial charge in [-0.3, -0.25) is 19.7 Å². The fraction of sp³-hybridized carbons (Fsp3) is 0.412. The molecular weight excluding hydrogens is 467 g/mol. The minimum Gasteiger partial charge on any atom is -0.439 e. The highest BCUT2D eigenvalue weighted by Gasteiger charge is 2.39. The fourth-order valence-corrected chi connectivity index (χ4v) is 3.44. The molecule has 3 N–H and O–H groups in total. The van der Waals surface area contributed by atoms with Gasteiger partial charge in [0.1, 0.15) is 10.7 Å². The maximum absolute atomic E-state index is 12.6. The normalized spacial score (nSPS) is 18.8. The highest BCUT2D eigenvalue weighted by Crippen LogP contribution is 2.29. The predicted molar refractivity (Wildman–Crippen MR) is 104 cm³/mol. The topological polar surface area (TPSA) is 117 Å². The number of anilines is 1. The van der Waals surface area contributed by atoms with E-state index in [0.717, 1.165) is 11.3 Å². The zero-order valence-electron chi connectivity index (χ0n) is 14.4. The van der Waals surface area contributed by atoms with Crippen molar-refractivity contribution in [1.82, 2.24) is 15.5 Å². The van der Waals surface area contributed by atoms with Gasteiger partial charge in [0.25, 0.3) is 5.91 Å². The number of nitrogens with one attached hydrogen (secondary N) is 3. The molecule has 1 atom stereocenters. The zero-order valence-corrected chi connectivity index (χ0v) is 16.6. The third kappa shape index (κ3) is 4.49. The Bertz CT molecular complexity index is 785. The maximum atomic E-state index is 12.6. The van der Waals surface area contributed by atoms with E-state index in [9.17, 15) is 19.2 Å². The number of alkyl carbamates (subject to hydrolysis) is 1. The van der Waals surface area contributed by atoms with Crippen LogP contribution in [-0.2, 0) is 20.9 Å². The van der Waals surface area contributed by atoms with Crippen LogP contribution in [0.1, 0.15) is 28.8 Å². The zero-order chi connectivity index (χ0) is 19.4. The largest absolute Gasteiger partial charge is 0.439 e. The summed E-state index contributed by atoms with van der Waals surface area (Å²) in [6.07, 6.45) is 0.107. The molecule has 0 radical (unpaired) electrons. The van der Waals surface area contributed by atoms with Crippen molar-refractivity contribution in [3.8, 4) is 0 Å². The summed E-state index contributed by atoms with van der Waals surface area (Å²) in [6.45, 7) is 1.23. The number of imide groups is 1. The van der Waals surface area contributed by atoms with Crippen molar-refractivity contribution < 1.29 is 23.9 Å². The lowest BCUT2D eigenvalue weighted by Crippen LogP contribution is -2.52. The summed E-state index contributed by atoms with van der Waals surface area (Å²) in [6, 6.07) is 4.76. The molecule has 144 valence electrons. The van der Waals surface area contributed by atoms with Crippen molar-refractivity contribution in [2.75, 3.05) is 23.0 Å². The summed E-state index contributed by atoms with van der Waals surface area (Å²) in [5, 5.41) is 8.07. The van der Waals surface area contributed by atoms with Gasteiger partial charge in [-0.15, -0.1) is 0 Å². The average Bonchev–Trinajstić information content (AvgIpc) is 2.95. The van der Waals surface area contributed by atoms with Crippen LogP contribution in [0.25, 0.3) is 0 Å². The molecular formula is C17H19IN4O5. The maximum Gasteiger partial charge on any atom is 0.407 e. The van der Waals surface area contributed by atoms with Crippen LogP contribution >= 0.6 is 22.6 Å². The number of alkyl halides is 1. The smallest absolute Gasteiger partial charge is 0.407 e. The Hall–Kier alpha value is -2.37. The van der Waals surface area contributed by atoms with E-state index >= 15 is 0 Å². The van der Waals surface area contributed by atoms with Crippen LogP contribution in [0.2, 0.25) is 0 Å². The van der Waals surface area contributed by atoms with Gasteiger partial charge >= 0.3 is 6.09 Å². The van der Waals surface area contributed by atoms with Crippen LogP contribution < -0.4 is 16.0 Å². The lowest BCUT2D eigenvalue weighted by atomic mass is 10.0. The van der Waals surface area contributed by atoms with Crippen molar-refractivity contribution >= 4 is 52.1 Å². The molecule has 2 heterocycles. The molecule has 2 aliphatic rings. The number of fused-ring (bicyclic) bond motifs is 1. The minimum atomic E-state index is -0.618. The molecule has 9 nitrogen and oxygen atoms in total. The molecule has 0 saturated carbocycles. The van der Waals surface area contributed by atoms with Gasteiger partial charge in [-0.05, 0) is 52.8 Å². The molecule has 1 fully saturated rings. The standard InChI is InChI=1S/C17H19IN4O5/c18-9-27-17(26)20-6-5-19-11-1-2-12-10(7-11)8-22(16(12)25)13-3-4-14(23)21-15(13)24/h1-2,7,13,19H,3-6,8-9H2,(H,20,26)(H,21,23,24). The third-order valence-corrected chi connectivity index (χ3v) is 4.74. The molecule has 27 heavy (non-hydrogen) atoms. The van der Waals surface area contributed by atoms with Gasteiger partial charge in [0, 0.05) is 37.3 Å². The summed E-state index contributed by atoms with van der Waals surface area (Å²) in [4.78, 5) is 48.7. The molecule has 4 amide bonds. The lowest BCUT2D eigenvalue weighted by Gasteiger charge is -2.29. The predicted octanol–water partition coefficient (Wildman–Crippen LogP) is 0.978. The van der Waals surface area contributed by atoms with E-state index in [1.807, 2.05) is 28.7 Å². The third-order valence-electron chi connectivity index (χ3n) is 4.43. The summed E-state index contributed by atoms with van der Waals surface area (Å²) < 4.78 is 5.05. The summed E-state index contributed by atoms with van der Waals surface area (Å²) in [7, 11) is 0. The van der Waals surface area contributed by atoms with Gasteiger partial charge in [-0.25, -0.2) is 4.79 Å². The van der Waals surface area contributed by atoms with Crippen LogP contribution in [0.5, 0.6) is 0 Å². The van der Waals surface area contributed by atoms with Gasteiger partial charge in [-0.1, -0.05) is 0 Å². The molecule has 10 heteroatoms. The van der Waals surface area contributed by atoms with E-state index in [4.69, 9.17) is 4.74 Å². The van der Waals surface area contributed by atoms with Crippen molar-refractivity contribution in [3.63, 3.8) is 0 Å². The molecule has 0 bridgehead atoms. The Kier molecular flexibility index (Phi) is 6.14. The summed E-state index contributed by atoms with van der Waals surface area (Å²) in [5.74, 6) is -0.924. The molecule has 1 saturated heterocycles. The summed E-state index contributed by atoms with van der Waals surface area (Å²) >= 11 is 1.94. The Labute approximate surface area is 169 Å². The van der Waals surface area contributed by atoms with Crippen molar-refractivity contribution in [2.45, 2.75) is 25.4 Å². The molecule has 1 aromatic rings. The molecule has 2 aliphatic heterocycles. The molecule has 0 aliphatic carbocycles. The van der Waals surface area contributed by atoms with E-state index in [-0.39, 0.29) is 18.2 Å². The number of hydrogen-bond acceptors (Lipinski definition) is 6. The Morgan fingerprint density at radius 2 is 2.11 bits per heavy atom. The first-order valence-electron chi connectivity index (χ1n) is 8.47. The van der Waals surface area contributed by atoms with E-state index in [1.165, 1.54) is 4.90 Å². The molecule has 1 aromatic carbocycles. The SMILES string of the molecule is O=C1CCC(N2Cc3cc(NCCNC(=O)OCI)ccc3C2=O)C(=O)N1. The second-order valence-corrected chi connectivity index (χ2v) is 6.79. The number of piperidine rings is 1. The highest BCUT2D eigenvalue weighted by atomic mass is 127. The monoisotopic (exact) mass is 486 g/mol. The van der Waals surface area contributed by atoms with E-state index in [1.54, 1.807) is 12.1 Å². The number of ether oxygens (including phenoxy) is 1. The number of carbonyl (C=O) groups is 4. The molecule has 0 aromatic heterocycles. The summed E-state index contributed by atoms with van der Waals surface area (Å²) in [5.41, 5.74) is 2.21. The van der Waals surface area contributed by atoms with Crippen molar-refractivity contribution in [2.24, 2.45) is 0 Å². The number of benzene rings is 1. The van der Waals surface area contributed by atoms with Gasteiger partial charge in [-0.2, -0.15) is 0 Å². The van der Waals surface area contributed by atoms with Crippen LogP contribution in [0.3, 0.4) is 0 Å². The molecule has 1 unspecified atom stereocenters. The number of nitrogens with zero attached hydrogens (tertiary/aromatic N) is 1. The van der Waals surface area contributed by atoms with Gasteiger partial charge in [0.05, 0.1) is 0 Å². The molecule has 0 spiro atoms.